The molecule has 1 aromatic carbocycles. The van der Waals surface area contributed by atoms with Gasteiger partial charge in [-0.25, -0.2) is 4.39 Å². The largest absolute Gasteiger partial charge is 0.451 e. The molecule has 0 aliphatic rings. The minimum absolute atomic E-state index is 0.0298. The van der Waals surface area contributed by atoms with Crippen LogP contribution in [0.1, 0.15) is 20.2 Å². The molecule has 1 amide bonds. The van der Waals surface area contributed by atoms with Gasteiger partial charge in [-0.3, -0.25) is 9.59 Å². The van der Waals surface area contributed by atoms with Gasteiger partial charge in [-0.05, 0) is 35.7 Å². The van der Waals surface area contributed by atoms with Crippen LogP contribution in [0.3, 0.4) is 0 Å². The van der Waals surface area contributed by atoms with Crippen LogP contribution in [0.4, 0.5) is 4.39 Å². The van der Waals surface area contributed by atoms with Crippen LogP contribution in [-0.4, -0.2) is 18.2 Å². The summed E-state index contributed by atoms with van der Waals surface area (Å²) in [6.07, 6.45) is 0. The molecule has 0 unspecified atom stereocenters. The fourth-order valence-corrected chi connectivity index (χ4v) is 2.70. The van der Waals surface area contributed by atoms with E-state index in [2.05, 4.69) is 5.32 Å². The molecule has 0 atom stereocenters. The summed E-state index contributed by atoms with van der Waals surface area (Å²) in [5.74, 6) is -0.825. The van der Waals surface area contributed by atoms with Crippen molar-refractivity contribution >= 4 is 23.0 Å². The molecule has 0 aliphatic heterocycles. The average Bonchev–Trinajstić information content (AvgIpc) is 3.24. The van der Waals surface area contributed by atoms with Gasteiger partial charge in [-0.15, -0.1) is 11.3 Å². The van der Waals surface area contributed by atoms with E-state index in [4.69, 9.17) is 4.42 Å². The first-order chi connectivity index (χ1) is 11.1. The Labute approximate surface area is 135 Å². The quantitative estimate of drug-likeness (QED) is 0.725. The molecule has 0 fully saturated rings. The summed E-state index contributed by atoms with van der Waals surface area (Å²) in [5, 5.41) is 4.29. The highest BCUT2D eigenvalue weighted by Gasteiger charge is 2.15. The Morgan fingerprint density at radius 1 is 1.09 bits per heavy atom. The zero-order valence-electron chi connectivity index (χ0n) is 11.9. The highest BCUT2D eigenvalue weighted by molar-refractivity contribution is 7.12. The summed E-state index contributed by atoms with van der Waals surface area (Å²) >= 11 is 1.32. The maximum absolute atomic E-state index is 13.7. The maximum Gasteiger partial charge on any atom is 0.287 e. The first-order valence-corrected chi connectivity index (χ1v) is 7.73. The van der Waals surface area contributed by atoms with Crippen molar-refractivity contribution in [1.82, 2.24) is 5.32 Å². The first kappa shape index (κ1) is 15.2. The van der Waals surface area contributed by atoms with E-state index >= 15 is 0 Å². The molecule has 2 heterocycles. The Morgan fingerprint density at radius 3 is 2.65 bits per heavy atom. The Morgan fingerprint density at radius 2 is 1.91 bits per heavy atom. The molecule has 3 rings (SSSR count). The second kappa shape index (κ2) is 6.58. The predicted molar refractivity (Wildman–Crippen MR) is 85.1 cm³/mol. The van der Waals surface area contributed by atoms with E-state index in [-0.39, 0.29) is 29.4 Å². The van der Waals surface area contributed by atoms with Crippen LogP contribution in [0.2, 0.25) is 0 Å². The SMILES string of the molecule is O=C(NCC(=O)c1cccs1)c1ccc(-c2ccccc2F)o1. The van der Waals surface area contributed by atoms with Crippen molar-refractivity contribution in [3.8, 4) is 11.3 Å². The van der Waals surface area contributed by atoms with Crippen LogP contribution in [-0.2, 0) is 0 Å². The topological polar surface area (TPSA) is 59.3 Å². The lowest BCUT2D eigenvalue weighted by atomic mass is 10.1. The van der Waals surface area contributed by atoms with Gasteiger partial charge in [-0.2, -0.15) is 0 Å². The van der Waals surface area contributed by atoms with E-state index in [1.54, 1.807) is 35.7 Å². The van der Waals surface area contributed by atoms with E-state index in [9.17, 15) is 14.0 Å². The molecule has 6 heteroatoms. The van der Waals surface area contributed by atoms with Crippen LogP contribution < -0.4 is 5.32 Å². The van der Waals surface area contributed by atoms with Crippen LogP contribution in [0.5, 0.6) is 0 Å². The number of amides is 1. The molecule has 116 valence electrons. The number of carbonyl (C=O) groups excluding carboxylic acids is 2. The molecule has 0 aliphatic carbocycles. The van der Waals surface area contributed by atoms with Crippen LogP contribution in [0.25, 0.3) is 11.3 Å². The Hall–Kier alpha value is -2.73. The molecular weight excluding hydrogens is 317 g/mol. The molecule has 1 N–H and O–H groups in total. The van der Waals surface area contributed by atoms with Crippen molar-refractivity contribution < 1.29 is 18.4 Å². The normalized spacial score (nSPS) is 10.5. The average molecular weight is 329 g/mol. The number of carbonyl (C=O) groups is 2. The fraction of sp³-hybridized carbons (Fsp3) is 0.0588. The van der Waals surface area contributed by atoms with Crippen LogP contribution in [0, 0.1) is 5.82 Å². The molecule has 0 saturated carbocycles. The number of rotatable bonds is 5. The van der Waals surface area contributed by atoms with Crippen molar-refractivity contribution in [3.05, 3.63) is 70.4 Å². The molecule has 23 heavy (non-hydrogen) atoms. The van der Waals surface area contributed by atoms with Crippen LogP contribution >= 0.6 is 11.3 Å². The van der Waals surface area contributed by atoms with Crippen molar-refractivity contribution in [1.29, 1.82) is 0 Å². The number of hydrogen-bond acceptors (Lipinski definition) is 4. The van der Waals surface area contributed by atoms with E-state index in [0.29, 0.717) is 4.88 Å². The second-order valence-electron chi connectivity index (χ2n) is 4.73. The minimum atomic E-state index is -0.516. The standard InChI is InChI=1S/C17H12FNO3S/c18-12-5-2-1-4-11(12)14-7-8-15(22-14)17(21)19-10-13(20)16-6-3-9-23-16/h1-9H,10H2,(H,19,21). The van der Waals surface area contributed by atoms with Crippen molar-refractivity contribution in [2.24, 2.45) is 0 Å². The summed E-state index contributed by atoms with van der Waals surface area (Å²) in [6, 6.07) is 12.6. The van der Waals surface area contributed by atoms with Gasteiger partial charge in [0.1, 0.15) is 11.6 Å². The van der Waals surface area contributed by atoms with Crippen molar-refractivity contribution in [3.63, 3.8) is 0 Å². The monoisotopic (exact) mass is 329 g/mol. The number of nitrogens with one attached hydrogen (secondary N) is 1. The van der Waals surface area contributed by atoms with Gasteiger partial charge in [0.05, 0.1) is 17.0 Å². The lowest BCUT2D eigenvalue weighted by Gasteiger charge is -2.02. The van der Waals surface area contributed by atoms with Gasteiger partial charge >= 0.3 is 0 Å². The highest BCUT2D eigenvalue weighted by Crippen LogP contribution is 2.24. The van der Waals surface area contributed by atoms with Gasteiger partial charge in [0, 0.05) is 0 Å². The lowest BCUT2D eigenvalue weighted by molar-refractivity contribution is 0.0887. The molecule has 0 radical (unpaired) electrons. The minimum Gasteiger partial charge on any atom is -0.451 e. The Kier molecular flexibility index (Phi) is 4.34. The van der Waals surface area contributed by atoms with Gasteiger partial charge < -0.3 is 9.73 Å². The highest BCUT2D eigenvalue weighted by atomic mass is 32.1. The molecule has 0 saturated heterocycles. The number of benzene rings is 1. The summed E-state index contributed by atoms with van der Waals surface area (Å²) in [5.41, 5.74) is 0.279. The number of hydrogen-bond donors (Lipinski definition) is 1. The fourth-order valence-electron chi connectivity index (χ4n) is 2.04. The zero-order valence-corrected chi connectivity index (χ0v) is 12.7. The molecule has 0 bridgehead atoms. The maximum atomic E-state index is 13.7. The number of thiophene rings is 1. The number of halogens is 1. The summed E-state index contributed by atoms with van der Waals surface area (Å²) < 4.78 is 19.1. The van der Waals surface area contributed by atoms with E-state index in [1.807, 2.05) is 0 Å². The zero-order chi connectivity index (χ0) is 16.2. The third kappa shape index (κ3) is 3.37. The van der Waals surface area contributed by atoms with Gasteiger partial charge in [0.15, 0.2) is 11.5 Å². The summed E-state index contributed by atoms with van der Waals surface area (Å²) in [6.45, 7) is -0.116. The Balaban J connectivity index is 1.67. The van der Waals surface area contributed by atoms with Gasteiger partial charge in [-0.1, -0.05) is 18.2 Å². The number of furan rings is 1. The lowest BCUT2D eigenvalue weighted by Crippen LogP contribution is -2.28. The predicted octanol–water partition coefficient (Wildman–Crippen LogP) is 3.76. The number of ketones is 1. The number of Topliss-reactive ketones (excluding diaryl/α,β-unsaturated/α-hetero) is 1. The van der Waals surface area contributed by atoms with Gasteiger partial charge in [0.2, 0.25) is 0 Å². The van der Waals surface area contributed by atoms with Crippen molar-refractivity contribution in [2.45, 2.75) is 0 Å². The Bertz CT molecular complexity index is 839. The summed E-state index contributed by atoms with van der Waals surface area (Å²) in [7, 11) is 0. The smallest absolute Gasteiger partial charge is 0.287 e. The molecule has 2 aromatic heterocycles. The third-order valence-electron chi connectivity index (χ3n) is 3.17. The van der Waals surface area contributed by atoms with Gasteiger partial charge in [0.25, 0.3) is 5.91 Å². The van der Waals surface area contributed by atoms with E-state index in [0.717, 1.165) is 0 Å². The molecule has 3 aromatic rings. The van der Waals surface area contributed by atoms with E-state index < -0.39 is 11.7 Å². The first-order valence-electron chi connectivity index (χ1n) is 6.85. The molecular formula is C17H12FNO3S. The van der Waals surface area contributed by atoms with Crippen LogP contribution in [0.15, 0.2) is 58.3 Å². The third-order valence-corrected chi connectivity index (χ3v) is 4.09. The van der Waals surface area contributed by atoms with E-state index in [1.165, 1.54) is 29.5 Å². The molecule has 0 spiro atoms. The van der Waals surface area contributed by atoms with Crippen molar-refractivity contribution in [2.75, 3.05) is 6.54 Å². The second-order valence-corrected chi connectivity index (χ2v) is 5.67. The molecule has 4 nitrogen and oxygen atoms in total. The summed E-state index contributed by atoms with van der Waals surface area (Å²) in [4.78, 5) is 24.4.